The zero-order valence-electron chi connectivity index (χ0n) is 12.7. The van der Waals surface area contributed by atoms with Crippen molar-refractivity contribution in [2.75, 3.05) is 5.32 Å². The number of nitrogens with zero attached hydrogens (tertiary/aromatic N) is 3. The third-order valence-corrected chi connectivity index (χ3v) is 3.49. The minimum absolute atomic E-state index is 0.340. The molecule has 2 aromatic carbocycles. The molecule has 0 bridgehead atoms. The number of nitro benzene ring substituents is 1. The number of aromatic nitrogens is 2. The molecule has 25 heavy (non-hydrogen) atoms. The highest BCUT2D eigenvalue weighted by atomic mass is 19.1. The largest absolute Gasteiger partial charge is 0.322 e. The lowest BCUT2D eigenvalue weighted by atomic mass is 10.2. The van der Waals surface area contributed by atoms with Crippen LogP contribution >= 0.6 is 0 Å². The Kier molecular flexibility index (Phi) is 4.21. The van der Waals surface area contributed by atoms with Crippen LogP contribution in [-0.2, 0) is 11.3 Å². The number of carbonyl (C=O) groups is 1. The first-order valence-corrected chi connectivity index (χ1v) is 7.14. The van der Waals surface area contributed by atoms with E-state index in [9.17, 15) is 24.1 Å². The molecule has 1 amide bonds. The van der Waals surface area contributed by atoms with Crippen molar-refractivity contribution in [3.05, 3.63) is 74.9 Å². The number of amides is 1. The molecule has 0 unspecified atom stereocenters. The zero-order chi connectivity index (χ0) is 18.0. The number of rotatable bonds is 4. The highest BCUT2D eigenvalue weighted by Gasteiger charge is 2.14. The van der Waals surface area contributed by atoms with Crippen LogP contribution in [0.1, 0.15) is 0 Å². The fourth-order valence-corrected chi connectivity index (χ4v) is 2.29. The molecule has 1 N–H and O–H groups in total. The van der Waals surface area contributed by atoms with E-state index in [1.165, 1.54) is 6.20 Å². The second kappa shape index (κ2) is 6.48. The van der Waals surface area contributed by atoms with E-state index in [1.807, 2.05) is 0 Å². The van der Waals surface area contributed by atoms with Gasteiger partial charge in [-0.05, 0) is 12.1 Å². The van der Waals surface area contributed by atoms with Gasteiger partial charge in [0.1, 0.15) is 12.4 Å². The summed E-state index contributed by atoms with van der Waals surface area (Å²) in [5, 5.41) is 17.9. The van der Waals surface area contributed by atoms with Gasteiger partial charge in [-0.25, -0.2) is 9.07 Å². The molecule has 126 valence electrons. The lowest BCUT2D eigenvalue weighted by Gasteiger charge is -2.08. The van der Waals surface area contributed by atoms with Crippen molar-refractivity contribution in [1.82, 2.24) is 9.78 Å². The topological polar surface area (TPSA) is 107 Å². The Morgan fingerprint density at radius 3 is 2.80 bits per heavy atom. The second-order valence-electron chi connectivity index (χ2n) is 5.16. The number of halogens is 1. The molecule has 1 aromatic heterocycles. The lowest BCUT2D eigenvalue weighted by molar-refractivity contribution is -0.384. The molecule has 0 radical (unpaired) electrons. The minimum Gasteiger partial charge on any atom is -0.322 e. The molecule has 3 aromatic rings. The Hall–Kier alpha value is -3.62. The molecular formula is C16H11FN4O4. The number of hydrogen-bond acceptors (Lipinski definition) is 5. The number of nitro groups is 1. The second-order valence-corrected chi connectivity index (χ2v) is 5.16. The number of hydrogen-bond donors (Lipinski definition) is 1. The molecular weight excluding hydrogens is 331 g/mol. The fraction of sp³-hybridized carbons (Fsp3) is 0.0625. The van der Waals surface area contributed by atoms with E-state index in [-0.39, 0.29) is 11.4 Å². The zero-order valence-corrected chi connectivity index (χ0v) is 12.7. The molecule has 0 saturated heterocycles. The SMILES string of the molecule is O=C(Cn1ncc2ccccc2c1=O)Nc1cc([N+](=O)[O-])ccc1F. The first-order valence-electron chi connectivity index (χ1n) is 7.14. The van der Waals surface area contributed by atoms with Crippen molar-refractivity contribution in [3.63, 3.8) is 0 Å². The summed E-state index contributed by atoms with van der Waals surface area (Å²) >= 11 is 0. The third-order valence-electron chi connectivity index (χ3n) is 3.49. The monoisotopic (exact) mass is 342 g/mol. The van der Waals surface area contributed by atoms with Crippen LogP contribution < -0.4 is 10.9 Å². The third kappa shape index (κ3) is 3.34. The van der Waals surface area contributed by atoms with Gasteiger partial charge in [0.15, 0.2) is 0 Å². The van der Waals surface area contributed by atoms with E-state index in [2.05, 4.69) is 10.4 Å². The highest BCUT2D eigenvalue weighted by Crippen LogP contribution is 2.21. The number of fused-ring (bicyclic) bond motifs is 1. The average molecular weight is 342 g/mol. The van der Waals surface area contributed by atoms with Crippen LogP contribution in [0.25, 0.3) is 10.8 Å². The van der Waals surface area contributed by atoms with Gasteiger partial charge in [-0.1, -0.05) is 18.2 Å². The molecule has 0 aliphatic rings. The molecule has 0 saturated carbocycles. The molecule has 0 aliphatic heterocycles. The summed E-state index contributed by atoms with van der Waals surface area (Å²) in [6.45, 7) is -0.453. The van der Waals surface area contributed by atoms with Crippen LogP contribution in [0.2, 0.25) is 0 Å². The Bertz CT molecular complexity index is 1050. The first kappa shape index (κ1) is 16.2. The maximum Gasteiger partial charge on any atom is 0.275 e. The number of non-ortho nitro benzene ring substituents is 1. The Morgan fingerprint density at radius 1 is 1.28 bits per heavy atom. The predicted octanol–water partition coefficient (Wildman–Crippen LogP) is 2.08. The van der Waals surface area contributed by atoms with Crippen LogP contribution in [0.3, 0.4) is 0 Å². The van der Waals surface area contributed by atoms with Gasteiger partial charge in [0, 0.05) is 17.5 Å². The number of anilines is 1. The summed E-state index contributed by atoms with van der Waals surface area (Å²) in [4.78, 5) is 34.4. The molecule has 0 fully saturated rings. The molecule has 3 rings (SSSR count). The van der Waals surface area contributed by atoms with Crippen LogP contribution in [-0.4, -0.2) is 20.6 Å². The van der Waals surface area contributed by atoms with Crippen molar-refractivity contribution in [2.24, 2.45) is 0 Å². The molecule has 0 spiro atoms. The van der Waals surface area contributed by atoms with Crippen LogP contribution in [0.4, 0.5) is 15.8 Å². The number of carbonyl (C=O) groups excluding carboxylic acids is 1. The van der Waals surface area contributed by atoms with E-state index < -0.39 is 28.8 Å². The van der Waals surface area contributed by atoms with Crippen molar-refractivity contribution in [2.45, 2.75) is 6.54 Å². The van der Waals surface area contributed by atoms with Crippen LogP contribution in [0.15, 0.2) is 53.5 Å². The average Bonchev–Trinajstić information content (AvgIpc) is 2.59. The summed E-state index contributed by atoms with van der Waals surface area (Å²) in [6, 6.07) is 9.54. The van der Waals surface area contributed by atoms with E-state index in [0.717, 1.165) is 22.9 Å². The van der Waals surface area contributed by atoms with Gasteiger partial charge in [0.2, 0.25) is 5.91 Å². The smallest absolute Gasteiger partial charge is 0.275 e. The number of nitrogens with one attached hydrogen (secondary N) is 1. The predicted molar refractivity (Wildman–Crippen MR) is 87.7 cm³/mol. The van der Waals surface area contributed by atoms with E-state index >= 15 is 0 Å². The highest BCUT2D eigenvalue weighted by molar-refractivity contribution is 5.91. The summed E-state index contributed by atoms with van der Waals surface area (Å²) in [6.07, 6.45) is 1.44. The fourth-order valence-electron chi connectivity index (χ4n) is 2.29. The summed E-state index contributed by atoms with van der Waals surface area (Å²) in [7, 11) is 0. The Labute approximate surface area is 139 Å². The summed E-state index contributed by atoms with van der Waals surface area (Å²) in [5.41, 5.74) is -1.17. The van der Waals surface area contributed by atoms with Gasteiger partial charge in [-0.3, -0.25) is 19.7 Å². The van der Waals surface area contributed by atoms with E-state index in [4.69, 9.17) is 0 Å². The van der Waals surface area contributed by atoms with Crippen LogP contribution in [0.5, 0.6) is 0 Å². The summed E-state index contributed by atoms with van der Waals surface area (Å²) < 4.78 is 14.6. The maximum absolute atomic E-state index is 13.7. The molecule has 9 heteroatoms. The van der Waals surface area contributed by atoms with Gasteiger partial charge >= 0.3 is 0 Å². The normalized spacial score (nSPS) is 10.6. The molecule has 0 aliphatic carbocycles. The quantitative estimate of drug-likeness (QED) is 0.577. The summed E-state index contributed by atoms with van der Waals surface area (Å²) in [5.74, 6) is -1.55. The van der Waals surface area contributed by atoms with Gasteiger partial charge in [0.25, 0.3) is 11.2 Å². The Morgan fingerprint density at radius 2 is 2.04 bits per heavy atom. The minimum atomic E-state index is -0.822. The van der Waals surface area contributed by atoms with Crippen molar-refractivity contribution >= 4 is 28.1 Å². The first-order chi connectivity index (χ1) is 12.0. The van der Waals surface area contributed by atoms with Gasteiger partial charge < -0.3 is 5.32 Å². The van der Waals surface area contributed by atoms with E-state index in [0.29, 0.717) is 10.8 Å². The Balaban J connectivity index is 1.84. The van der Waals surface area contributed by atoms with E-state index in [1.54, 1.807) is 24.3 Å². The lowest BCUT2D eigenvalue weighted by Crippen LogP contribution is -2.29. The van der Waals surface area contributed by atoms with Crippen LogP contribution in [0, 0.1) is 15.9 Å². The standard InChI is InChI=1S/C16H11FN4O4/c17-13-6-5-11(21(24)25)7-14(13)19-15(22)9-20-16(23)12-4-2-1-3-10(12)8-18-20/h1-8H,9H2,(H,19,22). The molecule has 1 heterocycles. The molecule has 0 atom stereocenters. The van der Waals surface area contributed by atoms with Gasteiger partial charge in [0.05, 0.1) is 22.2 Å². The molecule has 8 nitrogen and oxygen atoms in total. The van der Waals surface area contributed by atoms with Crippen molar-refractivity contribution in [3.8, 4) is 0 Å². The number of benzene rings is 2. The van der Waals surface area contributed by atoms with Gasteiger partial charge in [-0.2, -0.15) is 5.10 Å². The van der Waals surface area contributed by atoms with Crippen molar-refractivity contribution < 1.29 is 14.1 Å². The van der Waals surface area contributed by atoms with Gasteiger partial charge in [-0.15, -0.1) is 0 Å². The van der Waals surface area contributed by atoms with Crippen molar-refractivity contribution in [1.29, 1.82) is 0 Å². The maximum atomic E-state index is 13.7.